The molecule has 0 atom stereocenters. The Bertz CT molecular complexity index is 423. The molecule has 0 spiro atoms. The Balaban J connectivity index is 1.89. The van der Waals surface area contributed by atoms with Gasteiger partial charge in [-0.2, -0.15) is 0 Å². The number of nitrogens with zero attached hydrogens (tertiary/aromatic N) is 1. The molecule has 1 aliphatic rings. The monoisotopic (exact) mass is 270 g/mol. The predicted molar refractivity (Wildman–Crippen MR) is 70.1 cm³/mol. The van der Waals surface area contributed by atoms with Crippen LogP contribution in [0.4, 0.5) is 10.1 Å². The zero-order valence-corrected chi connectivity index (χ0v) is 11.0. The lowest BCUT2D eigenvalue weighted by Crippen LogP contribution is -2.38. The molecule has 0 amide bonds. The van der Waals surface area contributed by atoms with E-state index in [0.717, 1.165) is 32.8 Å². The highest BCUT2D eigenvalue weighted by Crippen LogP contribution is 2.31. The minimum Gasteiger partial charge on any atom is -0.493 e. The van der Waals surface area contributed by atoms with Crippen molar-refractivity contribution in [2.24, 2.45) is 0 Å². The van der Waals surface area contributed by atoms with Gasteiger partial charge in [0.05, 0.1) is 26.0 Å². The molecule has 0 saturated carbocycles. The normalized spacial score (nSPS) is 16.3. The van der Waals surface area contributed by atoms with Crippen molar-refractivity contribution in [3.05, 3.63) is 17.9 Å². The van der Waals surface area contributed by atoms with Crippen LogP contribution in [-0.4, -0.2) is 51.5 Å². The Morgan fingerprint density at radius 3 is 2.74 bits per heavy atom. The van der Waals surface area contributed by atoms with Crippen LogP contribution in [0.5, 0.6) is 11.5 Å². The third kappa shape index (κ3) is 3.71. The van der Waals surface area contributed by atoms with Crippen molar-refractivity contribution < 1.29 is 18.6 Å². The molecule has 0 aromatic heterocycles. The van der Waals surface area contributed by atoms with E-state index in [9.17, 15) is 4.39 Å². The number of rotatable bonds is 5. The summed E-state index contributed by atoms with van der Waals surface area (Å²) in [5.41, 5.74) is 5.53. The molecule has 6 heteroatoms. The number of methoxy groups -OCH3 is 1. The van der Waals surface area contributed by atoms with E-state index in [1.807, 2.05) is 0 Å². The maximum atomic E-state index is 13.4. The average Bonchev–Trinajstić information content (AvgIpc) is 2.43. The number of hydrogen-bond donors (Lipinski definition) is 1. The number of anilines is 1. The summed E-state index contributed by atoms with van der Waals surface area (Å²) in [6.07, 6.45) is 0. The smallest absolute Gasteiger partial charge is 0.164 e. The second-order valence-corrected chi connectivity index (χ2v) is 4.33. The highest BCUT2D eigenvalue weighted by Gasteiger charge is 2.12. The molecule has 0 unspecified atom stereocenters. The highest BCUT2D eigenvalue weighted by atomic mass is 19.1. The largest absolute Gasteiger partial charge is 0.493 e. The van der Waals surface area contributed by atoms with E-state index in [4.69, 9.17) is 19.9 Å². The summed E-state index contributed by atoms with van der Waals surface area (Å²) in [5.74, 6) is 0.325. The van der Waals surface area contributed by atoms with Crippen LogP contribution in [0, 0.1) is 5.82 Å². The van der Waals surface area contributed by atoms with Crippen molar-refractivity contribution in [2.75, 3.05) is 52.3 Å². The van der Waals surface area contributed by atoms with Gasteiger partial charge in [-0.15, -0.1) is 0 Å². The second kappa shape index (κ2) is 6.58. The first-order chi connectivity index (χ1) is 9.20. The van der Waals surface area contributed by atoms with Crippen molar-refractivity contribution in [2.45, 2.75) is 0 Å². The van der Waals surface area contributed by atoms with Crippen LogP contribution in [0.1, 0.15) is 0 Å². The van der Waals surface area contributed by atoms with Crippen LogP contribution in [0.3, 0.4) is 0 Å². The molecule has 0 aliphatic carbocycles. The molecule has 106 valence electrons. The SMILES string of the molecule is COc1cc(N)c(F)cc1OCCN1CCOCC1. The average molecular weight is 270 g/mol. The molecule has 1 fully saturated rings. The van der Waals surface area contributed by atoms with E-state index in [0.29, 0.717) is 18.1 Å². The van der Waals surface area contributed by atoms with Crippen LogP contribution in [0.2, 0.25) is 0 Å². The fourth-order valence-corrected chi connectivity index (χ4v) is 1.93. The first-order valence-corrected chi connectivity index (χ1v) is 6.26. The summed E-state index contributed by atoms with van der Waals surface area (Å²) in [4.78, 5) is 2.24. The number of benzene rings is 1. The summed E-state index contributed by atoms with van der Waals surface area (Å²) in [7, 11) is 1.50. The first kappa shape index (κ1) is 13.9. The van der Waals surface area contributed by atoms with Crippen LogP contribution >= 0.6 is 0 Å². The number of nitrogen functional groups attached to an aromatic ring is 1. The summed E-state index contributed by atoms with van der Waals surface area (Å²) in [5, 5.41) is 0. The second-order valence-electron chi connectivity index (χ2n) is 4.33. The number of ether oxygens (including phenoxy) is 3. The molecular formula is C13H19FN2O3. The summed E-state index contributed by atoms with van der Waals surface area (Å²) >= 11 is 0. The Morgan fingerprint density at radius 2 is 2.05 bits per heavy atom. The van der Waals surface area contributed by atoms with Gasteiger partial charge in [0.1, 0.15) is 12.4 Å². The van der Waals surface area contributed by atoms with Gasteiger partial charge in [0, 0.05) is 31.8 Å². The number of nitrogens with two attached hydrogens (primary N) is 1. The molecule has 19 heavy (non-hydrogen) atoms. The van der Waals surface area contributed by atoms with Gasteiger partial charge in [-0.1, -0.05) is 0 Å². The maximum absolute atomic E-state index is 13.4. The van der Waals surface area contributed by atoms with E-state index in [-0.39, 0.29) is 5.69 Å². The molecule has 0 radical (unpaired) electrons. The Labute approximate surface area is 112 Å². The van der Waals surface area contributed by atoms with Crippen LogP contribution in [-0.2, 0) is 4.74 Å². The number of morpholine rings is 1. The quantitative estimate of drug-likeness (QED) is 0.813. The van der Waals surface area contributed by atoms with Gasteiger partial charge in [-0.25, -0.2) is 4.39 Å². The summed E-state index contributed by atoms with van der Waals surface area (Å²) in [6, 6.07) is 2.69. The molecule has 1 saturated heterocycles. The van der Waals surface area contributed by atoms with Gasteiger partial charge in [0.2, 0.25) is 0 Å². The molecule has 2 rings (SSSR count). The van der Waals surface area contributed by atoms with Crippen molar-refractivity contribution in [3.8, 4) is 11.5 Å². The third-order valence-electron chi connectivity index (χ3n) is 3.05. The summed E-state index contributed by atoms with van der Waals surface area (Å²) < 4.78 is 29.3. The minimum atomic E-state index is -0.498. The fourth-order valence-electron chi connectivity index (χ4n) is 1.93. The van der Waals surface area contributed by atoms with Gasteiger partial charge < -0.3 is 19.9 Å². The lowest BCUT2D eigenvalue weighted by Gasteiger charge is -2.26. The number of hydrogen-bond acceptors (Lipinski definition) is 5. The molecule has 2 N–H and O–H groups in total. The molecule has 1 heterocycles. The molecule has 5 nitrogen and oxygen atoms in total. The molecule has 1 aliphatic heterocycles. The predicted octanol–water partition coefficient (Wildman–Crippen LogP) is 1.13. The topological polar surface area (TPSA) is 57.0 Å². The van der Waals surface area contributed by atoms with Crippen molar-refractivity contribution >= 4 is 5.69 Å². The lowest BCUT2D eigenvalue weighted by atomic mass is 10.2. The molecule has 0 bridgehead atoms. The van der Waals surface area contributed by atoms with Gasteiger partial charge in [-0.05, 0) is 0 Å². The Morgan fingerprint density at radius 1 is 1.32 bits per heavy atom. The van der Waals surface area contributed by atoms with Gasteiger partial charge in [-0.3, -0.25) is 4.90 Å². The maximum Gasteiger partial charge on any atom is 0.164 e. The zero-order chi connectivity index (χ0) is 13.7. The fraction of sp³-hybridized carbons (Fsp3) is 0.538. The van der Waals surface area contributed by atoms with E-state index in [1.165, 1.54) is 19.2 Å². The molecule has 1 aromatic carbocycles. The molecule has 1 aromatic rings. The summed E-state index contributed by atoms with van der Waals surface area (Å²) in [6.45, 7) is 4.55. The van der Waals surface area contributed by atoms with Gasteiger partial charge in [0.15, 0.2) is 11.5 Å². The Kier molecular flexibility index (Phi) is 4.81. The van der Waals surface area contributed by atoms with E-state index in [2.05, 4.69) is 4.90 Å². The third-order valence-corrected chi connectivity index (χ3v) is 3.05. The molecular weight excluding hydrogens is 251 g/mol. The van der Waals surface area contributed by atoms with Crippen molar-refractivity contribution in [3.63, 3.8) is 0 Å². The van der Waals surface area contributed by atoms with E-state index >= 15 is 0 Å². The Hall–Kier alpha value is -1.53. The number of halogens is 1. The first-order valence-electron chi connectivity index (χ1n) is 6.26. The highest BCUT2D eigenvalue weighted by molar-refractivity contribution is 5.53. The van der Waals surface area contributed by atoms with Crippen LogP contribution < -0.4 is 15.2 Å². The van der Waals surface area contributed by atoms with Gasteiger partial charge >= 0.3 is 0 Å². The van der Waals surface area contributed by atoms with Crippen LogP contribution in [0.15, 0.2) is 12.1 Å². The van der Waals surface area contributed by atoms with Gasteiger partial charge in [0.25, 0.3) is 0 Å². The lowest BCUT2D eigenvalue weighted by molar-refractivity contribution is 0.0321. The van der Waals surface area contributed by atoms with E-state index in [1.54, 1.807) is 0 Å². The standard InChI is InChI=1S/C13H19FN2O3/c1-17-12-9-11(15)10(14)8-13(12)19-7-4-16-2-5-18-6-3-16/h8-9H,2-7,15H2,1H3. The van der Waals surface area contributed by atoms with Crippen molar-refractivity contribution in [1.29, 1.82) is 0 Å². The van der Waals surface area contributed by atoms with E-state index < -0.39 is 5.82 Å². The minimum absolute atomic E-state index is 0.0531. The van der Waals surface area contributed by atoms with Crippen LogP contribution in [0.25, 0.3) is 0 Å². The van der Waals surface area contributed by atoms with Crippen molar-refractivity contribution in [1.82, 2.24) is 4.90 Å². The zero-order valence-electron chi connectivity index (χ0n) is 11.0.